The number of rotatable bonds is 6. The summed E-state index contributed by atoms with van der Waals surface area (Å²) in [6.07, 6.45) is 6.57. The first kappa shape index (κ1) is 13.2. The van der Waals surface area contributed by atoms with Crippen LogP contribution in [0.15, 0.2) is 0 Å². The average Bonchev–Trinajstić information content (AvgIpc) is 3.07. The monoisotopic (exact) mass is 257 g/mol. The van der Waals surface area contributed by atoms with Crippen LogP contribution in [0.4, 0.5) is 0 Å². The maximum absolute atomic E-state index is 11.8. The van der Waals surface area contributed by atoms with E-state index in [-0.39, 0.29) is 11.9 Å². The number of nitrogens with one attached hydrogen (secondary N) is 1. The fraction of sp³-hybridized carbons (Fsp3) is 0.917. The second kappa shape index (κ2) is 6.07. The van der Waals surface area contributed by atoms with E-state index < -0.39 is 0 Å². The molecule has 0 spiro atoms. The van der Waals surface area contributed by atoms with Crippen LogP contribution in [-0.4, -0.2) is 54.0 Å². The van der Waals surface area contributed by atoms with Gasteiger partial charge in [-0.3, -0.25) is 9.69 Å². The van der Waals surface area contributed by atoms with Crippen molar-refractivity contribution < 1.29 is 4.79 Å². The predicted octanol–water partition coefficient (Wildman–Crippen LogP) is 0.420. The molecule has 2 rings (SSSR count). The maximum atomic E-state index is 11.8. The Labute approximate surface area is 108 Å². The van der Waals surface area contributed by atoms with Crippen LogP contribution < -0.4 is 11.1 Å². The summed E-state index contributed by atoms with van der Waals surface area (Å²) in [5.41, 5.74) is 5.85. The molecule has 4 nitrogen and oxygen atoms in total. The molecule has 1 saturated carbocycles. The SMILES string of the molecule is CSCC[C@H](N)C(=O)NC1CCN(C2CC2)C1. The zero-order chi connectivity index (χ0) is 12.3. The third-order valence-corrected chi connectivity index (χ3v) is 4.24. The molecular weight excluding hydrogens is 234 g/mol. The number of hydrogen-bond acceptors (Lipinski definition) is 4. The highest BCUT2D eigenvalue weighted by atomic mass is 32.2. The summed E-state index contributed by atoms with van der Waals surface area (Å²) in [4.78, 5) is 14.3. The topological polar surface area (TPSA) is 58.4 Å². The Balaban J connectivity index is 1.67. The van der Waals surface area contributed by atoms with E-state index in [9.17, 15) is 4.79 Å². The Morgan fingerprint density at radius 1 is 1.53 bits per heavy atom. The number of likely N-dealkylation sites (tertiary alicyclic amines) is 1. The van der Waals surface area contributed by atoms with Crippen LogP contribution in [0.5, 0.6) is 0 Å². The highest BCUT2D eigenvalue weighted by molar-refractivity contribution is 7.98. The molecule has 5 heteroatoms. The van der Waals surface area contributed by atoms with Gasteiger partial charge in [0, 0.05) is 25.2 Å². The standard InChI is InChI=1S/C12H23N3OS/c1-17-7-5-11(13)12(16)14-9-4-6-15(8-9)10-2-3-10/h9-11H,2-8,13H2,1H3,(H,14,16)/t9?,11-/m0/s1. The molecule has 1 heterocycles. The maximum Gasteiger partial charge on any atom is 0.237 e. The summed E-state index contributed by atoms with van der Waals surface area (Å²) >= 11 is 1.73. The van der Waals surface area contributed by atoms with Gasteiger partial charge in [0.05, 0.1) is 6.04 Å². The Morgan fingerprint density at radius 2 is 2.29 bits per heavy atom. The van der Waals surface area contributed by atoms with Crippen molar-refractivity contribution in [2.45, 2.75) is 43.8 Å². The molecule has 0 bridgehead atoms. The van der Waals surface area contributed by atoms with Crippen LogP contribution >= 0.6 is 11.8 Å². The minimum Gasteiger partial charge on any atom is -0.351 e. The lowest BCUT2D eigenvalue weighted by molar-refractivity contribution is -0.123. The lowest BCUT2D eigenvalue weighted by atomic mass is 10.2. The zero-order valence-corrected chi connectivity index (χ0v) is 11.3. The van der Waals surface area contributed by atoms with E-state index in [0.29, 0.717) is 6.04 Å². The normalized spacial score (nSPS) is 27.1. The van der Waals surface area contributed by atoms with E-state index in [0.717, 1.165) is 37.7 Å². The summed E-state index contributed by atoms with van der Waals surface area (Å²) < 4.78 is 0. The number of carbonyl (C=O) groups excluding carboxylic acids is 1. The molecule has 2 fully saturated rings. The Morgan fingerprint density at radius 3 is 2.94 bits per heavy atom. The summed E-state index contributed by atoms with van der Waals surface area (Å²) in [5, 5.41) is 3.09. The van der Waals surface area contributed by atoms with Crippen LogP contribution in [0, 0.1) is 0 Å². The van der Waals surface area contributed by atoms with Gasteiger partial charge in [-0.2, -0.15) is 11.8 Å². The fourth-order valence-electron chi connectivity index (χ4n) is 2.36. The summed E-state index contributed by atoms with van der Waals surface area (Å²) in [6, 6.07) is 0.794. The van der Waals surface area contributed by atoms with Gasteiger partial charge in [-0.15, -0.1) is 0 Å². The molecule has 0 aromatic rings. The minimum absolute atomic E-state index is 0.0293. The van der Waals surface area contributed by atoms with Gasteiger partial charge in [-0.1, -0.05) is 0 Å². The molecule has 0 aromatic carbocycles. The molecule has 1 aliphatic carbocycles. The van der Waals surface area contributed by atoms with Crippen molar-refractivity contribution in [2.24, 2.45) is 5.73 Å². The summed E-state index contributed by atoms with van der Waals surface area (Å²) in [5.74, 6) is 0.981. The number of nitrogens with zero attached hydrogens (tertiary/aromatic N) is 1. The van der Waals surface area contributed by atoms with Crippen LogP contribution in [-0.2, 0) is 4.79 Å². The molecule has 3 N–H and O–H groups in total. The molecule has 1 aliphatic heterocycles. The number of thioether (sulfide) groups is 1. The Bertz CT molecular complexity index is 270. The first-order valence-corrected chi connectivity index (χ1v) is 7.89. The second-order valence-electron chi connectivity index (χ2n) is 5.11. The van der Waals surface area contributed by atoms with E-state index in [1.165, 1.54) is 12.8 Å². The molecule has 1 saturated heterocycles. The molecule has 98 valence electrons. The highest BCUT2D eigenvalue weighted by Crippen LogP contribution is 2.29. The highest BCUT2D eigenvalue weighted by Gasteiger charge is 2.35. The van der Waals surface area contributed by atoms with Crippen LogP contribution in [0.1, 0.15) is 25.7 Å². The number of amides is 1. The zero-order valence-electron chi connectivity index (χ0n) is 10.5. The van der Waals surface area contributed by atoms with Gasteiger partial charge in [0.25, 0.3) is 0 Å². The average molecular weight is 257 g/mol. The lowest BCUT2D eigenvalue weighted by Gasteiger charge is -2.18. The first-order chi connectivity index (χ1) is 8.20. The second-order valence-corrected chi connectivity index (χ2v) is 6.09. The molecule has 0 aromatic heterocycles. The summed E-state index contributed by atoms with van der Waals surface area (Å²) in [7, 11) is 0. The summed E-state index contributed by atoms with van der Waals surface area (Å²) in [6.45, 7) is 2.15. The van der Waals surface area contributed by atoms with E-state index in [4.69, 9.17) is 5.73 Å². The third kappa shape index (κ3) is 3.86. The van der Waals surface area contributed by atoms with Crippen LogP contribution in [0.3, 0.4) is 0 Å². The Hall–Kier alpha value is -0.260. The van der Waals surface area contributed by atoms with Crippen molar-refractivity contribution >= 4 is 17.7 Å². The van der Waals surface area contributed by atoms with E-state index in [1.54, 1.807) is 11.8 Å². The van der Waals surface area contributed by atoms with Gasteiger partial charge in [-0.05, 0) is 37.7 Å². The van der Waals surface area contributed by atoms with E-state index >= 15 is 0 Å². The Kier molecular flexibility index (Phi) is 4.70. The quantitative estimate of drug-likeness (QED) is 0.724. The third-order valence-electron chi connectivity index (χ3n) is 3.60. The molecule has 1 unspecified atom stereocenters. The van der Waals surface area contributed by atoms with Gasteiger partial charge < -0.3 is 11.1 Å². The van der Waals surface area contributed by atoms with Gasteiger partial charge in [-0.25, -0.2) is 0 Å². The van der Waals surface area contributed by atoms with Crippen molar-refractivity contribution in [1.82, 2.24) is 10.2 Å². The molecule has 2 aliphatic rings. The molecule has 1 amide bonds. The predicted molar refractivity (Wildman–Crippen MR) is 72.1 cm³/mol. The lowest BCUT2D eigenvalue weighted by Crippen LogP contribution is -2.46. The molecule has 0 radical (unpaired) electrons. The van der Waals surface area contributed by atoms with Gasteiger partial charge in [0.2, 0.25) is 5.91 Å². The smallest absolute Gasteiger partial charge is 0.237 e. The van der Waals surface area contributed by atoms with Crippen molar-refractivity contribution in [1.29, 1.82) is 0 Å². The van der Waals surface area contributed by atoms with E-state index in [2.05, 4.69) is 10.2 Å². The molecule has 17 heavy (non-hydrogen) atoms. The minimum atomic E-state index is -0.336. The van der Waals surface area contributed by atoms with Crippen molar-refractivity contribution in [3.63, 3.8) is 0 Å². The number of carbonyl (C=O) groups is 1. The van der Waals surface area contributed by atoms with Gasteiger partial charge in [0.15, 0.2) is 0 Å². The first-order valence-electron chi connectivity index (χ1n) is 6.49. The number of nitrogens with two attached hydrogens (primary N) is 1. The van der Waals surface area contributed by atoms with Gasteiger partial charge >= 0.3 is 0 Å². The molecule has 2 atom stereocenters. The van der Waals surface area contributed by atoms with Crippen molar-refractivity contribution in [3.05, 3.63) is 0 Å². The van der Waals surface area contributed by atoms with Crippen LogP contribution in [0.25, 0.3) is 0 Å². The largest absolute Gasteiger partial charge is 0.351 e. The van der Waals surface area contributed by atoms with Crippen molar-refractivity contribution in [2.75, 3.05) is 25.1 Å². The van der Waals surface area contributed by atoms with Crippen LogP contribution in [0.2, 0.25) is 0 Å². The number of hydrogen-bond donors (Lipinski definition) is 2. The molecular formula is C12H23N3OS. The van der Waals surface area contributed by atoms with Gasteiger partial charge in [0.1, 0.15) is 0 Å². The fourth-order valence-corrected chi connectivity index (χ4v) is 2.85. The van der Waals surface area contributed by atoms with Crippen molar-refractivity contribution in [3.8, 4) is 0 Å². The van der Waals surface area contributed by atoms with E-state index in [1.807, 2.05) is 6.26 Å².